The molecule has 0 saturated carbocycles. The highest BCUT2D eigenvalue weighted by molar-refractivity contribution is 5.89. The molecule has 1 aromatic rings. The molecule has 0 radical (unpaired) electrons. The summed E-state index contributed by atoms with van der Waals surface area (Å²) in [6.07, 6.45) is 5.48. The molecule has 26 heavy (non-hydrogen) atoms. The summed E-state index contributed by atoms with van der Waals surface area (Å²) < 4.78 is 5.85. The van der Waals surface area contributed by atoms with Crippen molar-refractivity contribution < 1.29 is 19.7 Å². The monoisotopic (exact) mass is 358 g/mol. The van der Waals surface area contributed by atoms with Crippen LogP contribution in [0.5, 0.6) is 5.75 Å². The smallest absolute Gasteiger partial charge is 0.338 e. The van der Waals surface area contributed by atoms with Crippen molar-refractivity contribution in [3.8, 4) is 5.75 Å². The summed E-state index contributed by atoms with van der Waals surface area (Å²) in [5.74, 6) is -0.361. The highest BCUT2D eigenvalue weighted by Gasteiger charge is 2.33. The zero-order valence-corrected chi connectivity index (χ0v) is 16.1. The molecule has 0 saturated heterocycles. The lowest BCUT2D eigenvalue weighted by atomic mass is 9.81. The third kappa shape index (κ3) is 5.46. The number of phenolic OH excluding ortho intramolecular Hbond substituents is 1. The number of aliphatic hydroxyl groups is 1. The normalized spacial score (nSPS) is 24.6. The van der Waals surface area contributed by atoms with E-state index in [9.17, 15) is 15.0 Å². The van der Waals surface area contributed by atoms with Crippen LogP contribution in [0.1, 0.15) is 57.3 Å². The molecule has 0 amide bonds. The lowest BCUT2D eigenvalue weighted by molar-refractivity contribution is -0.0216. The van der Waals surface area contributed by atoms with E-state index in [-0.39, 0.29) is 17.6 Å². The topological polar surface area (TPSA) is 66.8 Å². The van der Waals surface area contributed by atoms with Gasteiger partial charge in [0.15, 0.2) is 0 Å². The van der Waals surface area contributed by atoms with Crippen LogP contribution in [-0.4, -0.2) is 28.4 Å². The van der Waals surface area contributed by atoms with Crippen molar-refractivity contribution in [3.63, 3.8) is 0 Å². The summed E-state index contributed by atoms with van der Waals surface area (Å²) in [7, 11) is 0. The van der Waals surface area contributed by atoms with Gasteiger partial charge >= 0.3 is 5.97 Å². The van der Waals surface area contributed by atoms with E-state index in [0.29, 0.717) is 12.0 Å². The summed E-state index contributed by atoms with van der Waals surface area (Å²) >= 11 is 0. The molecule has 0 fully saturated rings. The number of hydrogen-bond acceptors (Lipinski definition) is 4. The van der Waals surface area contributed by atoms with Crippen molar-refractivity contribution in [3.05, 3.63) is 53.1 Å². The van der Waals surface area contributed by atoms with Gasteiger partial charge in [-0.25, -0.2) is 4.79 Å². The van der Waals surface area contributed by atoms with Crippen LogP contribution in [-0.2, 0) is 4.74 Å². The number of aromatic hydroxyl groups is 1. The van der Waals surface area contributed by atoms with Crippen molar-refractivity contribution in [2.24, 2.45) is 11.8 Å². The Morgan fingerprint density at radius 3 is 2.42 bits per heavy atom. The molecule has 0 unspecified atom stereocenters. The van der Waals surface area contributed by atoms with E-state index < -0.39 is 18.2 Å². The maximum absolute atomic E-state index is 12.6. The molecule has 0 aromatic heterocycles. The van der Waals surface area contributed by atoms with Crippen LogP contribution in [0.2, 0.25) is 0 Å². The number of carbonyl (C=O) groups is 1. The van der Waals surface area contributed by atoms with Crippen LogP contribution in [0.25, 0.3) is 0 Å². The molecule has 0 spiro atoms. The number of phenols is 1. The number of rotatable bonds is 3. The van der Waals surface area contributed by atoms with E-state index in [4.69, 9.17) is 4.74 Å². The molecule has 1 aliphatic rings. The molecular formula is C22H30O4. The van der Waals surface area contributed by atoms with Crippen molar-refractivity contribution in [1.82, 2.24) is 0 Å². The Morgan fingerprint density at radius 2 is 1.81 bits per heavy atom. The summed E-state index contributed by atoms with van der Waals surface area (Å²) in [5.41, 5.74) is 2.71. The van der Waals surface area contributed by atoms with Gasteiger partial charge in [0, 0.05) is 12.3 Å². The molecule has 2 N–H and O–H groups in total. The lowest BCUT2D eigenvalue weighted by Gasteiger charge is -2.33. The number of ether oxygens (including phenoxy) is 1. The van der Waals surface area contributed by atoms with Crippen LogP contribution < -0.4 is 0 Å². The van der Waals surface area contributed by atoms with Gasteiger partial charge in [-0.15, -0.1) is 0 Å². The number of benzene rings is 1. The number of esters is 1. The molecule has 1 aliphatic carbocycles. The van der Waals surface area contributed by atoms with E-state index in [1.54, 1.807) is 12.1 Å². The van der Waals surface area contributed by atoms with E-state index in [1.807, 2.05) is 33.8 Å². The van der Waals surface area contributed by atoms with Gasteiger partial charge in [-0.3, -0.25) is 0 Å². The number of carbonyl (C=O) groups excluding carboxylic acids is 1. The Bertz CT molecular complexity index is 670. The van der Waals surface area contributed by atoms with Gasteiger partial charge in [0.25, 0.3) is 0 Å². The minimum Gasteiger partial charge on any atom is -0.508 e. The summed E-state index contributed by atoms with van der Waals surface area (Å²) in [6, 6.07) is 6.03. The first kappa shape index (κ1) is 20.2. The third-order valence-electron chi connectivity index (χ3n) is 4.96. The maximum atomic E-state index is 12.6. The van der Waals surface area contributed by atoms with Crippen molar-refractivity contribution in [2.75, 3.05) is 0 Å². The van der Waals surface area contributed by atoms with Gasteiger partial charge in [0.05, 0.1) is 11.7 Å². The minimum atomic E-state index is -0.654. The van der Waals surface area contributed by atoms with Crippen LogP contribution >= 0.6 is 0 Å². The Morgan fingerprint density at radius 1 is 1.15 bits per heavy atom. The van der Waals surface area contributed by atoms with Gasteiger partial charge < -0.3 is 14.9 Å². The second kappa shape index (κ2) is 9.04. The van der Waals surface area contributed by atoms with Gasteiger partial charge in [-0.05, 0) is 56.9 Å². The average Bonchev–Trinajstić information content (AvgIpc) is 2.54. The van der Waals surface area contributed by atoms with Gasteiger partial charge in [0.1, 0.15) is 11.9 Å². The summed E-state index contributed by atoms with van der Waals surface area (Å²) in [6.45, 7) is 8.17. The number of allylic oxidation sites excluding steroid dienone is 2. The van der Waals surface area contributed by atoms with Gasteiger partial charge in [-0.1, -0.05) is 37.1 Å². The van der Waals surface area contributed by atoms with Crippen molar-refractivity contribution in [2.45, 2.75) is 59.2 Å². The first-order valence-corrected chi connectivity index (χ1v) is 9.29. The zero-order valence-electron chi connectivity index (χ0n) is 16.1. The molecule has 1 aromatic carbocycles. The second-order valence-electron chi connectivity index (χ2n) is 7.61. The van der Waals surface area contributed by atoms with E-state index in [1.165, 1.54) is 17.7 Å². The van der Waals surface area contributed by atoms with Gasteiger partial charge in [0.2, 0.25) is 0 Å². The maximum Gasteiger partial charge on any atom is 0.338 e. The lowest BCUT2D eigenvalue weighted by Crippen LogP contribution is -2.38. The quantitative estimate of drug-likeness (QED) is 0.611. The second-order valence-corrected chi connectivity index (χ2v) is 7.61. The SMILES string of the molecule is CC1=C[C@H](O)[C@@H](C(C)C)[C@H](OC(=O)c2ccc(O)cc2)CC(C)=CCC1. The highest BCUT2D eigenvalue weighted by atomic mass is 16.5. The zero-order chi connectivity index (χ0) is 19.3. The molecule has 4 nitrogen and oxygen atoms in total. The average molecular weight is 358 g/mol. The van der Waals surface area contributed by atoms with E-state index in [2.05, 4.69) is 6.08 Å². The molecule has 0 bridgehead atoms. The molecule has 0 aliphatic heterocycles. The van der Waals surface area contributed by atoms with E-state index >= 15 is 0 Å². The largest absolute Gasteiger partial charge is 0.508 e. The molecule has 3 atom stereocenters. The Kier molecular flexibility index (Phi) is 7.04. The van der Waals surface area contributed by atoms with Crippen molar-refractivity contribution in [1.29, 1.82) is 0 Å². The Hall–Kier alpha value is -2.07. The van der Waals surface area contributed by atoms with Crippen LogP contribution in [0.15, 0.2) is 47.6 Å². The fourth-order valence-electron chi connectivity index (χ4n) is 3.54. The minimum absolute atomic E-state index is 0.107. The standard InChI is InChI=1S/C22H30O4/c1-14(2)21-19(24)12-15(3)6-5-7-16(4)13-20(21)26-22(25)17-8-10-18(23)11-9-17/h7-12,14,19-21,23-24H,5-6,13H2,1-4H3/t19-,20+,21+/m0/s1. The van der Waals surface area contributed by atoms with Crippen LogP contribution in [0.4, 0.5) is 0 Å². The fourth-order valence-corrected chi connectivity index (χ4v) is 3.54. The first-order valence-electron chi connectivity index (χ1n) is 9.29. The van der Waals surface area contributed by atoms with Crippen LogP contribution in [0.3, 0.4) is 0 Å². The Balaban J connectivity index is 2.30. The molecular weight excluding hydrogens is 328 g/mol. The molecule has 142 valence electrons. The molecule has 4 heteroatoms. The summed E-state index contributed by atoms with van der Waals surface area (Å²) in [5, 5.41) is 20.2. The van der Waals surface area contributed by atoms with Crippen LogP contribution in [0, 0.1) is 11.8 Å². The first-order chi connectivity index (χ1) is 12.3. The third-order valence-corrected chi connectivity index (χ3v) is 4.96. The fraction of sp³-hybridized carbons (Fsp3) is 0.500. The summed E-state index contributed by atoms with van der Waals surface area (Å²) in [4.78, 5) is 12.6. The predicted molar refractivity (Wildman–Crippen MR) is 103 cm³/mol. The number of hydrogen-bond donors (Lipinski definition) is 2. The Labute approximate surface area is 156 Å². The highest BCUT2D eigenvalue weighted by Crippen LogP contribution is 2.30. The van der Waals surface area contributed by atoms with Gasteiger partial charge in [-0.2, -0.15) is 0 Å². The van der Waals surface area contributed by atoms with E-state index in [0.717, 1.165) is 18.4 Å². The molecule has 0 heterocycles. The van der Waals surface area contributed by atoms with Crippen molar-refractivity contribution >= 4 is 5.97 Å². The predicted octanol–water partition coefficient (Wildman–Crippen LogP) is 4.63. The molecule has 2 rings (SSSR count). The number of aliphatic hydroxyl groups excluding tert-OH is 1.